The number of nitrogens with zero attached hydrogens (tertiary/aromatic N) is 2. The van der Waals surface area contributed by atoms with Crippen molar-refractivity contribution in [2.24, 2.45) is 5.92 Å². The summed E-state index contributed by atoms with van der Waals surface area (Å²) in [5, 5.41) is 3.91. The maximum absolute atomic E-state index is 12.7. The highest BCUT2D eigenvalue weighted by atomic mass is 35.5. The van der Waals surface area contributed by atoms with Crippen LogP contribution in [0.3, 0.4) is 0 Å². The second kappa shape index (κ2) is 7.27. The minimum Gasteiger partial charge on any atom is -0.347 e. The Balaban J connectivity index is 1.42. The molecule has 5 heterocycles. The third kappa shape index (κ3) is 3.72. The molecule has 3 aliphatic heterocycles. The summed E-state index contributed by atoms with van der Waals surface area (Å²) in [6.45, 7) is 4.58. The first-order valence-corrected chi connectivity index (χ1v) is 10.5. The van der Waals surface area contributed by atoms with Crippen LogP contribution in [0.25, 0.3) is 0 Å². The van der Waals surface area contributed by atoms with E-state index in [-0.39, 0.29) is 11.9 Å². The van der Waals surface area contributed by atoms with E-state index in [4.69, 9.17) is 11.6 Å². The van der Waals surface area contributed by atoms with Crippen LogP contribution in [-0.4, -0.2) is 41.0 Å². The van der Waals surface area contributed by atoms with Crippen molar-refractivity contribution < 1.29 is 4.79 Å². The molecular formula is C18H20ClN3OS2. The summed E-state index contributed by atoms with van der Waals surface area (Å²) in [6, 6.07) is 6.48. The predicted molar refractivity (Wildman–Crippen MR) is 103 cm³/mol. The number of pyridine rings is 1. The number of piperidine rings is 3. The molecule has 1 N–H and O–H groups in total. The molecule has 0 radical (unpaired) electrons. The fourth-order valence-corrected chi connectivity index (χ4v) is 6.10. The van der Waals surface area contributed by atoms with Gasteiger partial charge in [0.2, 0.25) is 0 Å². The van der Waals surface area contributed by atoms with Gasteiger partial charge in [0.1, 0.15) is 0 Å². The molecule has 7 heteroatoms. The van der Waals surface area contributed by atoms with Gasteiger partial charge in [0.15, 0.2) is 0 Å². The van der Waals surface area contributed by atoms with Gasteiger partial charge in [-0.2, -0.15) is 0 Å². The quantitative estimate of drug-likeness (QED) is 0.847. The molecular weight excluding hydrogens is 374 g/mol. The highest BCUT2D eigenvalue weighted by molar-refractivity contribution is 8.01. The fraction of sp³-hybridized carbons (Fsp3) is 0.444. The van der Waals surface area contributed by atoms with E-state index in [1.54, 1.807) is 24.2 Å². The summed E-state index contributed by atoms with van der Waals surface area (Å²) in [7, 11) is 0. The van der Waals surface area contributed by atoms with Crippen LogP contribution in [0.15, 0.2) is 39.7 Å². The maximum atomic E-state index is 12.7. The number of carbonyl (C=O) groups is 1. The lowest BCUT2D eigenvalue weighted by molar-refractivity contribution is 0.0218. The van der Waals surface area contributed by atoms with Gasteiger partial charge in [-0.05, 0) is 57.0 Å². The van der Waals surface area contributed by atoms with E-state index in [1.807, 2.05) is 18.2 Å². The molecule has 2 aromatic heterocycles. The Morgan fingerprint density at radius 2 is 2.16 bits per heavy atom. The molecule has 1 amide bonds. The van der Waals surface area contributed by atoms with Gasteiger partial charge < -0.3 is 5.32 Å². The van der Waals surface area contributed by atoms with E-state index < -0.39 is 0 Å². The first-order valence-electron chi connectivity index (χ1n) is 8.53. The van der Waals surface area contributed by atoms with Crippen LogP contribution >= 0.6 is 34.7 Å². The number of fused-ring (bicyclic) bond motifs is 3. The zero-order chi connectivity index (χ0) is 17.4. The first-order chi connectivity index (χ1) is 12.1. The number of thiophene rings is 1. The Labute approximate surface area is 161 Å². The molecule has 0 aromatic carbocycles. The van der Waals surface area contributed by atoms with Gasteiger partial charge in [0, 0.05) is 29.4 Å². The number of hydrogen-bond acceptors (Lipinski definition) is 5. The highest BCUT2D eigenvalue weighted by Crippen LogP contribution is 2.35. The molecule has 132 valence electrons. The Hall–Kier alpha value is -1.08. The molecule has 5 rings (SSSR count). The first kappa shape index (κ1) is 17.3. The average Bonchev–Trinajstić information content (AvgIpc) is 3.07. The summed E-state index contributed by atoms with van der Waals surface area (Å²) in [5.41, 5.74) is 0. The lowest BCUT2D eigenvalue weighted by atomic mass is 9.79. The SMILES string of the molecule is C[C@@H]1[C@H](NC(=O)c2ccc(Sc3cncc(Cl)c3)s2)C2CCN1CC2. The van der Waals surface area contributed by atoms with Crippen LogP contribution in [0, 0.1) is 5.92 Å². The van der Waals surface area contributed by atoms with Crippen molar-refractivity contribution >= 4 is 40.6 Å². The van der Waals surface area contributed by atoms with Gasteiger partial charge in [-0.25, -0.2) is 0 Å². The largest absolute Gasteiger partial charge is 0.347 e. The molecule has 2 bridgehead atoms. The van der Waals surface area contributed by atoms with Crippen molar-refractivity contribution in [2.75, 3.05) is 13.1 Å². The lowest BCUT2D eigenvalue weighted by Crippen LogP contribution is -2.62. The van der Waals surface area contributed by atoms with Crippen molar-refractivity contribution in [3.63, 3.8) is 0 Å². The maximum Gasteiger partial charge on any atom is 0.261 e. The molecule has 0 saturated carbocycles. The normalized spacial score (nSPS) is 28.1. The predicted octanol–water partition coefficient (Wildman–Crippen LogP) is 4.16. The van der Waals surface area contributed by atoms with E-state index in [1.165, 1.54) is 37.3 Å². The molecule has 25 heavy (non-hydrogen) atoms. The van der Waals surface area contributed by atoms with Crippen LogP contribution in [-0.2, 0) is 0 Å². The average molecular weight is 394 g/mol. The fourth-order valence-electron chi connectivity index (χ4n) is 3.83. The van der Waals surface area contributed by atoms with Crippen LogP contribution in [0.2, 0.25) is 5.02 Å². The van der Waals surface area contributed by atoms with E-state index in [2.05, 4.69) is 22.1 Å². The smallest absolute Gasteiger partial charge is 0.261 e. The van der Waals surface area contributed by atoms with Crippen LogP contribution in [0.5, 0.6) is 0 Å². The number of halogens is 1. The van der Waals surface area contributed by atoms with Crippen LogP contribution < -0.4 is 5.32 Å². The second-order valence-corrected chi connectivity index (χ2v) is 9.57. The van der Waals surface area contributed by atoms with Gasteiger partial charge in [-0.3, -0.25) is 14.7 Å². The van der Waals surface area contributed by atoms with E-state index in [0.717, 1.165) is 14.0 Å². The lowest BCUT2D eigenvalue weighted by Gasteiger charge is -2.49. The van der Waals surface area contributed by atoms with Crippen LogP contribution in [0.1, 0.15) is 29.4 Å². The van der Waals surface area contributed by atoms with Crippen molar-refractivity contribution in [3.05, 3.63) is 40.5 Å². The molecule has 2 atom stereocenters. The summed E-state index contributed by atoms with van der Waals surface area (Å²) < 4.78 is 1.07. The second-order valence-electron chi connectivity index (χ2n) is 6.67. The zero-order valence-corrected chi connectivity index (χ0v) is 16.3. The van der Waals surface area contributed by atoms with Crippen molar-refractivity contribution in [3.8, 4) is 0 Å². The standard InChI is InChI=1S/C18H20ClN3OS2/c1-11-17(12-4-6-22(11)7-5-12)21-18(23)15-2-3-16(25-15)24-14-8-13(19)9-20-10-14/h2-3,8-12,17H,4-7H2,1H3,(H,21,23)/t11-,17+/m1/s1. The number of nitrogens with one attached hydrogen (secondary N) is 1. The Kier molecular flexibility index (Phi) is 5.04. The molecule has 4 nitrogen and oxygen atoms in total. The minimum absolute atomic E-state index is 0.0478. The van der Waals surface area contributed by atoms with Crippen molar-refractivity contribution in [2.45, 2.75) is 41.0 Å². The topological polar surface area (TPSA) is 45.2 Å². The molecule has 0 aliphatic carbocycles. The van der Waals surface area contributed by atoms with E-state index >= 15 is 0 Å². The molecule has 3 saturated heterocycles. The minimum atomic E-state index is 0.0478. The van der Waals surface area contributed by atoms with Gasteiger partial charge in [-0.1, -0.05) is 23.4 Å². The monoisotopic (exact) mass is 393 g/mol. The molecule has 2 aromatic rings. The Bertz CT molecular complexity index is 771. The number of rotatable bonds is 4. The summed E-state index contributed by atoms with van der Waals surface area (Å²) in [4.78, 5) is 21.0. The molecule has 3 aliphatic rings. The van der Waals surface area contributed by atoms with Crippen molar-refractivity contribution in [1.82, 2.24) is 15.2 Å². The Morgan fingerprint density at radius 3 is 2.88 bits per heavy atom. The molecule has 3 fully saturated rings. The van der Waals surface area contributed by atoms with Gasteiger partial charge in [0.05, 0.1) is 14.1 Å². The van der Waals surface area contributed by atoms with E-state index in [9.17, 15) is 4.79 Å². The van der Waals surface area contributed by atoms with Crippen LogP contribution in [0.4, 0.5) is 0 Å². The third-order valence-corrected chi connectivity index (χ3v) is 7.56. The molecule has 0 spiro atoms. The summed E-state index contributed by atoms with van der Waals surface area (Å²) >= 11 is 9.08. The summed E-state index contributed by atoms with van der Waals surface area (Å²) in [6.07, 6.45) is 5.80. The highest BCUT2D eigenvalue weighted by Gasteiger charge is 2.40. The Morgan fingerprint density at radius 1 is 1.36 bits per heavy atom. The number of carbonyl (C=O) groups excluding carboxylic acids is 1. The molecule has 0 unspecified atom stereocenters. The zero-order valence-electron chi connectivity index (χ0n) is 13.9. The van der Waals surface area contributed by atoms with E-state index in [0.29, 0.717) is 17.0 Å². The van der Waals surface area contributed by atoms with Crippen molar-refractivity contribution in [1.29, 1.82) is 0 Å². The van der Waals surface area contributed by atoms with Gasteiger partial charge in [0.25, 0.3) is 5.91 Å². The summed E-state index contributed by atoms with van der Waals surface area (Å²) in [5.74, 6) is 0.668. The van der Waals surface area contributed by atoms with Gasteiger partial charge >= 0.3 is 0 Å². The van der Waals surface area contributed by atoms with Gasteiger partial charge in [-0.15, -0.1) is 11.3 Å². The third-order valence-electron chi connectivity index (χ3n) is 5.18. The number of hydrogen-bond donors (Lipinski definition) is 1. The number of aromatic nitrogens is 1. The number of amides is 1.